The number of amides is 2. The summed E-state index contributed by atoms with van der Waals surface area (Å²) in [6, 6.07) is 20.4. The minimum absolute atomic E-state index is 0.135. The van der Waals surface area contributed by atoms with Crippen molar-refractivity contribution in [1.29, 1.82) is 0 Å². The van der Waals surface area contributed by atoms with Crippen LogP contribution in [0.2, 0.25) is 0 Å². The van der Waals surface area contributed by atoms with Gasteiger partial charge in [-0.05, 0) is 11.1 Å². The SMILES string of the molecule is O=C(NC(c1ccccc1)c1ccccc1)c1cc2n(n1)C[C@H](O)CNC2=O. The van der Waals surface area contributed by atoms with E-state index in [1.54, 1.807) is 0 Å². The van der Waals surface area contributed by atoms with E-state index in [-0.39, 0.29) is 42.3 Å². The first-order valence-electron chi connectivity index (χ1n) is 9.06. The van der Waals surface area contributed by atoms with Crippen molar-refractivity contribution < 1.29 is 14.7 Å². The highest BCUT2D eigenvalue weighted by atomic mass is 16.3. The molecule has 0 saturated carbocycles. The molecule has 0 radical (unpaired) electrons. The number of hydrogen-bond donors (Lipinski definition) is 3. The minimum Gasteiger partial charge on any atom is -0.389 e. The predicted octanol–water partition coefficient (Wildman–Crippen LogP) is 1.51. The second kappa shape index (κ2) is 7.66. The first-order valence-corrected chi connectivity index (χ1v) is 9.06. The number of aliphatic hydroxyl groups is 1. The quantitative estimate of drug-likeness (QED) is 0.643. The third-order valence-corrected chi connectivity index (χ3v) is 4.67. The van der Waals surface area contributed by atoms with Crippen LogP contribution in [0.15, 0.2) is 66.7 Å². The fourth-order valence-corrected chi connectivity index (χ4v) is 3.27. The van der Waals surface area contributed by atoms with E-state index in [4.69, 9.17) is 0 Å². The molecular weight excluding hydrogens is 356 g/mol. The average molecular weight is 376 g/mol. The molecule has 0 saturated heterocycles. The van der Waals surface area contributed by atoms with Crippen molar-refractivity contribution in [3.63, 3.8) is 0 Å². The molecule has 7 heteroatoms. The van der Waals surface area contributed by atoms with Crippen LogP contribution in [-0.4, -0.2) is 39.4 Å². The van der Waals surface area contributed by atoms with Gasteiger partial charge in [-0.1, -0.05) is 60.7 Å². The summed E-state index contributed by atoms with van der Waals surface area (Å²) in [5, 5.41) is 19.7. The lowest BCUT2D eigenvalue weighted by Crippen LogP contribution is -2.31. The molecule has 0 aliphatic carbocycles. The molecule has 7 nitrogen and oxygen atoms in total. The maximum absolute atomic E-state index is 12.9. The first kappa shape index (κ1) is 17.9. The summed E-state index contributed by atoms with van der Waals surface area (Å²) < 4.78 is 1.38. The standard InChI is InChI=1S/C21H20N4O3/c26-16-12-22-21(28)18-11-17(24-25(18)13-16)20(27)23-19(14-7-3-1-4-8-14)15-9-5-2-6-10-15/h1-11,16,19,26H,12-13H2,(H,22,28)(H,23,27)/t16-/m1/s1. The second-order valence-corrected chi connectivity index (χ2v) is 6.69. The number of nitrogens with zero attached hydrogens (tertiary/aromatic N) is 2. The lowest BCUT2D eigenvalue weighted by Gasteiger charge is -2.19. The molecule has 3 N–H and O–H groups in total. The smallest absolute Gasteiger partial charge is 0.272 e. The Morgan fingerprint density at radius 2 is 1.71 bits per heavy atom. The number of fused-ring (bicyclic) bond motifs is 1. The van der Waals surface area contributed by atoms with Crippen LogP contribution in [0.1, 0.15) is 38.1 Å². The van der Waals surface area contributed by atoms with Crippen LogP contribution in [0, 0.1) is 0 Å². The fourth-order valence-electron chi connectivity index (χ4n) is 3.27. The number of aromatic nitrogens is 2. The first-order chi connectivity index (χ1) is 13.6. The Hall–Kier alpha value is -3.45. The molecule has 0 fully saturated rings. The molecule has 0 bridgehead atoms. The number of nitrogens with one attached hydrogen (secondary N) is 2. The van der Waals surface area contributed by atoms with Crippen LogP contribution in [0.4, 0.5) is 0 Å². The lowest BCUT2D eigenvalue weighted by molar-refractivity contribution is 0.0930. The zero-order valence-corrected chi connectivity index (χ0v) is 15.1. The van der Waals surface area contributed by atoms with Gasteiger partial charge in [-0.2, -0.15) is 5.10 Å². The third-order valence-electron chi connectivity index (χ3n) is 4.67. The molecule has 142 valence electrons. The normalized spacial score (nSPS) is 16.2. The van der Waals surface area contributed by atoms with E-state index < -0.39 is 6.10 Å². The van der Waals surface area contributed by atoms with Crippen molar-refractivity contribution >= 4 is 11.8 Å². The Labute approximate surface area is 162 Å². The molecule has 1 atom stereocenters. The Morgan fingerprint density at radius 3 is 2.32 bits per heavy atom. The van der Waals surface area contributed by atoms with E-state index in [1.807, 2.05) is 60.7 Å². The summed E-state index contributed by atoms with van der Waals surface area (Å²) >= 11 is 0. The lowest BCUT2D eigenvalue weighted by atomic mass is 9.98. The molecule has 28 heavy (non-hydrogen) atoms. The van der Waals surface area contributed by atoms with Crippen molar-refractivity contribution in [3.8, 4) is 0 Å². The van der Waals surface area contributed by atoms with E-state index >= 15 is 0 Å². The monoisotopic (exact) mass is 376 g/mol. The van der Waals surface area contributed by atoms with E-state index in [1.165, 1.54) is 10.7 Å². The van der Waals surface area contributed by atoms with Crippen molar-refractivity contribution in [2.45, 2.75) is 18.7 Å². The summed E-state index contributed by atoms with van der Waals surface area (Å²) in [5.41, 5.74) is 2.28. The van der Waals surface area contributed by atoms with Crippen LogP contribution < -0.4 is 10.6 Å². The third kappa shape index (κ3) is 3.65. The summed E-state index contributed by atoms with van der Waals surface area (Å²) in [5.74, 6) is -0.744. The zero-order chi connectivity index (χ0) is 19.5. The molecule has 0 spiro atoms. The van der Waals surface area contributed by atoms with Gasteiger partial charge in [-0.25, -0.2) is 0 Å². The van der Waals surface area contributed by atoms with Gasteiger partial charge in [0.2, 0.25) is 0 Å². The number of β-amino-alcohol motifs (C(OH)–C–C–N with tert-alkyl or cyclic N) is 1. The number of aliphatic hydroxyl groups excluding tert-OH is 1. The van der Waals surface area contributed by atoms with Gasteiger partial charge in [-0.3, -0.25) is 14.3 Å². The summed E-state index contributed by atoms with van der Waals surface area (Å²) in [4.78, 5) is 25.0. The predicted molar refractivity (Wildman–Crippen MR) is 103 cm³/mol. The van der Waals surface area contributed by atoms with Gasteiger partial charge in [0.25, 0.3) is 11.8 Å². The van der Waals surface area contributed by atoms with Crippen LogP contribution in [-0.2, 0) is 6.54 Å². The fraction of sp³-hybridized carbons (Fsp3) is 0.190. The molecule has 4 rings (SSSR count). The van der Waals surface area contributed by atoms with Crippen LogP contribution in [0.5, 0.6) is 0 Å². The maximum atomic E-state index is 12.9. The summed E-state index contributed by atoms with van der Waals surface area (Å²) in [6.45, 7) is 0.315. The highest BCUT2D eigenvalue weighted by molar-refractivity contribution is 5.98. The highest BCUT2D eigenvalue weighted by Crippen LogP contribution is 2.22. The van der Waals surface area contributed by atoms with Crippen molar-refractivity contribution in [3.05, 3.63) is 89.2 Å². The second-order valence-electron chi connectivity index (χ2n) is 6.69. The topological polar surface area (TPSA) is 96.2 Å². The molecular formula is C21H20N4O3. The number of hydrogen-bond acceptors (Lipinski definition) is 4. The van der Waals surface area contributed by atoms with Gasteiger partial charge in [0.1, 0.15) is 5.69 Å². The number of carbonyl (C=O) groups excluding carboxylic acids is 2. The van der Waals surface area contributed by atoms with E-state index in [0.29, 0.717) is 0 Å². The van der Waals surface area contributed by atoms with Crippen molar-refractivity contribution in [2.24, 2.45) is 0 Å². The van der Waals surface area contributed by atoms with Crippen molar-refractivity contribution in [2.75, 3.05) is 6.54 Å². The van der Waals surface area contributed by atoms with E-state index in [0.717, 1.165) is 11.1 Å². The van der Waals surface area contributed by atoms with E-state index in [2.05, 4.69) is 15.7 Å². The number of benzene rings is 2. The van der Waals surface area contributed by atoms with Crippen molar-refractivity contribution in [1.82, 2.24) is 20.4 Å². The summed E-state index contributed by atoms with van der Waals surface area (Å²) in [6.07, 6.45) is -0.748. The molecule has 1 aromatic heterocycles. The Bertz CT molecular complexity index is 946. The highest BCUT2D eigenvalue weighted by Gasteiger charge is 2.25. The molecule has 3 aromatic rings. The largest absolute Gasteiger partial charge is 0.389 e. The van der Waals surface area contributed by atoms with Gasteiger partial charge in [-0.15, -0.1) is 0 Å². The number of carbonyl (C=O) groups is 2. The van der Waals surface area contributed by atoms with Gasteiger partial charge >= 0.3 is 0 Å². The molecule has 2 heterocycles. The number of rotatable bonds is 4. The molecule has 1 aliphatic heterocycles. The molecule has 1 aliphatic rings. The Morgan fingerprint density at radius 1 is 1.11 bits per heavy atom. The van der Waals surface area contributed by atoms with Gasteiger partial charge in [0.05, 0.1) is 18.7 Å². The average Bonchev–Trinajstić information content (AvgIpc) is 3.10. The minimum atomic E-state index is -0.748. The van der Waals surface area contributed by atoms with E-state index in [9.17, 15) is 14.7 Å². The summed E-state index contributed by atoms with van der Waals surface area (Å²) in [7, 11) is 0. The maximum Gasteiger partial charge on any atom is 0.272 e. The van der Waals surface area contributed by atoms with Crippen LogP contribution >= 0.6 is 0 Å². The van der Waals surface area contributed by atoms with Crippen LogP contribution in [0.3, 0.4) is 0 Å². The van der Waals surface area contributed by atoms with Gasteiger partial charge < -0.3 is 15.7 Å². The molecule has 2 aromatic carbocycles. The van der Waals surface area contributed by atoms with Gasteiger partial charge in [0.15, 0.2) is 5.69 Å². The molecule has 0 unspecified atom stereocenters. The zero-order valence-electron chi connectivity index (χ0n) is 15.1. The Balaban J connectivity index is 1.63. The molecule has 2 amide bonds. The Kier molecular flexibility index (Phi) is 4.90. The van der Waals surface area contributed by atoms with Crippen LogP contribution in [0.25, 0.3) is 0 Å². The van der Waals surface area contributed by atoms with Gasteiger partial charge in [0, 0.05) is 12.6 Å².